The van der Waals surface area contributed by atoms with E-state index in [0.717, 1.165) is 42.9 Å². The van der Waals surface area contributed by atoms with Crippen LogP contribution in [0.1, 0.15) is 47.1 Å². The van der Waals surface area contributed by atoms with Crippen LogP contribution < -0.4 is 9.47 Å². The van der Waals surface area contributed by atoms with E-state index in [0.29, 0.717) is 36.9 Å². The van der Waals surface area contributed by atoms with Crippen molar-refractivity contribution in [1.82, 2.24) is 19.9 Å². The predicted octanol–water partition coefficient (Wildman–Crippen LogP) is 6.89. The number of hydrogen-bond donors (Lipinski definition) is 0. The highest BCUT2D eigenvalue weighted by Crippen LogP contribution is 2.47. The van der Waals surface area contributed by atoms with Crippen molar-refractivity contribution < 1.29 is 40.6 Å². The van der Waals surface area contributed by atoms with Crippen molar-refractivity contribution in [2.24, 2.45) is 11.8 Å². The largest absolute Gasteiger partial charge is 0.491 e. The second kappa shape index (κ2) is 12.7. The Morgan fingerprint density at radius 3 is 2.17 bits per heavy atom. The minimum absolute atomic E-state index is 0.0537. The molecule has 1 aliphatic heterocycles. The first-order valence-electron chi connectivity index (χ1n) is 13.0. The summed E-state index contributed by atoms with van der Waals surface area (Å²) >= 11 is 5.28. The molecule has 42 heavy (non-hydrogen) atoms. The van der Waals surface area contributed by atoms with Gasteiger partial charge in [-0.2, -0.15) is 26.3 Å². The topological polar surface area (TPSA) is 77.4 Å². The lowest BCUT2D eigenvalue weighted by Crippen LogP contribution is -2.48. The molecule has 7 nitrogen and oxygen atoms in total. The Morgan fingerprint density at radius 1 is 0.929 bits per heavy atom. The van der Waals surface area contributed by atoms with Crippen molar-refractivity contribution in [3.8, 4) is 11.6 Å². The van der Waals surface area contributed by atoms with Crippen molar-refractivity contribution in [3.05, 3.63) is 76.5 Å². The molecular weight excluding hydrogens is 590 g/mol. The standard InChI is InChI=1S/C22H24F3N3O3.C6H3ClF3N/c1-3-30-18-6-4-13(2)27-20(18)21(29)28-11-15-8-14(15)9-17(28)12-31-19-7-5-16(10-26-19)22(23,24)25;7-5-2-1-4(3-11-5)6(8,9)10/h4-7,10,14-15,17H,3,8-9,11-12H2,1-2H3;1-3H/t14-,15+,17+;/m1./s1. The number of alkyl halides is 6. The van der Waals surface area contributed by atoms with Gasteiger partial charge in [-0.1, -0.05) is 11.6 Å². The summed E-state index contributed by atoms with van der Waals surface area (Å²) in [5.41, 5.74) is -0.625. The van der Waals surface area contributed by atoms with E-state index in [2.05, 4.69) is 15.0 Å². The number of halogens is 7. The van der Waals surface area contributed by atoms with Crippen LogP contribution in [-0.2, 0) is 12.4 Å². The Labute approximate surface area is 242 Å². The SMILES string of the molecule is CCOc1ccc(C)nc1C(=O)N1C[C@@H]2C[C@@H]2C[C@H]1COc1ccc(C(F)(F)F)cn1.FC(F)(F)c1ccc(Cl)nc1. The summed E-state index contributed by atoms with van der Waals surface area (Å²) in [6.45, 7) is 4.85. The smallest absolute Gasteiger partial charge is 0.417 e. The maximum atomic E-state index is 13.4. The van der Waals surface area contributed by atoms with Gasteiger partial charge in [-0.25, -0.2) is 15.0 Å². The highest BCUT2D eigenvalue weighted by Gasteiger charge is 2.48. The zero-order valence-electron chi connectivity index (χ0n) is 22.5. The number of aromatic nitrogens is 3. The average Bonchev–Trinajstić information content (AvgIpc) is 3.70. The summed E-state index contributed by atoms with van der Waals surface area (Å²) in [7, 11) is 0. The van der Waals surface area contributed by atoms with Gasteiger partial charge in [0.1, 0.15) is 11.8 Å². The Morgan fingerprint density at radius 2 is 1.60 bits per heavy atom. The summed E-state index contributed by atoms with van der Waals surface area (Å²) in [6.07, 6.45) is -5.48. The first-order chi connectivity index (χ1) is 19.8. The van der Waals surface area contributed by atoms with E-state index in [1.54, 1.807) is 17.0 Å². The van der Waals surface area contributed by atoms with Gasteiger partial charge in [0, 0.05) is 30.7 Å². The first kappa shape index (κ1) is 31.3. The van der Waals surface area contributed by atoms with Gasteiger partial charge in [0.15, 0.2) is 11.4 Å². The minimum atomic E-state index is -4.45. The Bertz CT molecular complexity index is 1370. The molecule has 3 aromatic rings. The van der Waals surface area contributed by atoms with Crippen molar-refractivity contribution in [2.75, 3.05) is 19.8 Å². The van der Waals surface area contributed by atoms with Gasteiger partial charge in [-0.3, -0.25) is 4.79 Å². The lowest BCUT2D eigenvalue weighted by atomic mass is 10.0. The minimum Gasteiger partial charge on any atom is -0.491 e. The van der Waals surface area contributed by atoms with Crippen molar-refractivity contribution in [1.29, 1.82) is 0 Å². The molecule has 0 bridgehead atoms. The number of aryl methyl sites for hydroxylation is 1. The molecule has 2 aliphatic rings. The number of rotatable bonds is 6. The van der Waals surface area contributed by atoms with Crippen LogP contribution in [0.3, 0.4) is 0 Å². The molecule has 5 rings (SSSR count). The summed E-state index contributed by atoms with van der Waals surface area (Å²) in [5, 5.41) is 0.0537. The monoisotopic (exact) mass is 616 g/mol. The van der Waals surface area contributed by atoms with Crippen LogP contribution in [0.15, 0.2) is 48.8 Å². The van der Waals surface area contributed by atoms with Crippen LogP contribution in [0.25, 0.3) is 0 Å². The molecule has 0 N–H and O–H groups in total. The van der Waals surface area contributed by atoms with Crippen molar-refractivity contribution in [2.45, 2.75) is 45.1 Å². The zero-order chi connectivity index (χ0) is 30.7. The number of ether oxygens (including phenoxy) is 2. The number of likely N-dealkylation sites (tertiary alicyclic amines) is 1. The summed E-state index contributed by atoms with van der Waals surface area (Å²) in [5.74, 6) is 1.35. The van der Waals surface area contributed by atoms with E-state index in [-0.39, 0.29) is 35.3 Å². The van der Waals surface area contributed by atoms with Crippen molar-refractivity contribution in [3.63, 3.8) is 0 Å². The first-order valence-corrected chi connectivity index (χ1v) is 13.4. The molecule has 1 amide bonds. The van der Waals surface area contributed by atoms with Crippen LogP contribution in [0, 0.1) is 18.8 Å². The Balaban J connectivity index is 0.000000310. The molecule has 1 aliphatic carbocycles. The number of pyridine rings is 3. The van der Waals surface area contributed by atoms with Gasteiger partial charge in [-0.15, -0.1) is 0 Å². The second-order valence-corrected chi connectivity index (χ2v) is 10.3. The number of carbonyl (C=O) groups excluding carboxylic acids is 1. The molecular formula is C28H27ClF6N4O3. The zero-order valence-corrected chi connectivity index (χ0v) is 23.3. The molecule has 3 atom stereocenters. The Kier molecular flexibility index (Phi) is 9.49. The maximum absolute atomic E-state index is 13.4. The van der Waals surface area contributed by atoms with Crippen LogP contribution in [0.5, 0.6) is 11.6 Å². The number of amides is 1. The predicted molar refractivity (Wildman–Crippen MR) is 140 cm³/mol. The molecule has 4 heterocycles. The molecule has 0 aromatic carbocycles. The molecule has 14 heteroatoms. The third kappa shape index (κ3) is 8.02. The highest BCUT2D eigenvalue weighted by molar-refractivity contribution is 6.29. The highest BCUT2D eigenvalue weighted by atomic mass is 35.5. The fourth-order valence-electron chi connectivity index (χ4n) is 4.57. The van der Waals surface area contributed by atoms with Gasteiger partial charge in [0.2, 0.25) is 5.88 Å². The van der Waals surface area contributed by atoms with E-state index in [4.69, 9.17) is 21.1 Å². The summed E-state index contributed by atoms with van der Waals surface area (Å²) in [4.78, 5) is 26.6. The third-order valence-electron chi connectivity index (χ3n) is 6.82. The number of piperidine rings is 1. The lowest BCUT2D eigenvalue weighted by molar-refractivity contribution is -0.138. The van der Waals surface area contributed by atoms with E-state index in [1.807, 2.05) is 13.8 Å². The van der Waals surface area contributed by atoms with Gasteiger partial charge in [-0.05, 0) is 68.9 Å². The number of fused-ring (bicyclic) bond motifs is 1. The molecule has 0 spiro atoms. The Hall–Kier alpha value is -3.61. The molecule has 0 unspecified atom stereocenters. The van der Waals surface area contributed by atoms with E-state index >= 15 is 0 Å². The van der Waals surface area contributed by atoms with Crippen LogP contribution >= 0.6 is 11.6 Å². The molecule has 1 saturated heterocycles. The van der Waals surface area contributed by atoms with E-state index in [1.165, 1.54) is 6.07 Å². The normalized spacial score (nSPS) is 19.7. The average molecular weight is 617 g/mol. The second-order valence-electron chi connectivity index (χ2n) is 9.90. The van der Waals surface area contributed by atoms with Gasteiger partial charge in [0.25, 0.3) is 5.91 Å². The maximum Gasteiger partial charge on any atom is 0.417 e. The van der Waals surface area contributed by atoms with Crippen LogP contribution in [-0.4, -0.2) is 51.6 Å². The van der Waals surface area contributed by atoms with Gasteiger partial charge in [0.05, 0.1) is 23.8 Å². The molecule has 2 fully saturated rings. The molecule has 1 saturated carbocycles. The van der Waals surface area contributed by atoms with E-state index < -0.39 is 23.5 Å². The van der Waals surface area contributed by atoms with Gasteiger partial charge < -0.3 is 14.4 Å². The summed E-state index contributed by atoms with van der Waals surface area (Å²) in [6, 6.07) is 7.46. The van der Waals surface area contributed by atoms with E-state index in [9.17, 15) is 31.1 Å². The quantitative estimate of drug-likeness (QED) is 0.222. The molecule has 226 valence electrons. The number of carbonyl (C=O) groups is 1. The van der Waals surface area contributed by atoms with Crippen molar-refractivity contribution >= 4 is 17.5 Å². The fraction of sp³-hybridized carbons (Fsp3) is 0.429. The third-order valence-corrected chi connectivity index (χ3v) is 7.04. The summed E-state index contributed by atoms with van der Waals surface area (Å²) < 4.78 is 84.9. The lowest BCUT2D eigenvalue weighted by Gasteiger charge is -2.35. The molecule has 3 aromatic heterocycles. The van der Waals surface area contributed by atoms with Gasteiger partial charge >= 0.3 is 12.4 Å². The number of hydrogen-bond acceptors (Lipinski definition) is 6. The molecule has 0 radical (unpaired) electrons. The van der Waals surface area contributed by atoms with Crippen LogP contribution in [0.4, 0.5) is 26.3 Å². The fourth-order valence-corrected chi connectivity index (χ4v) is 4.68. The van der Waals surface area contributed by atoms with Crippen LogP contribution in [0.2, 0.25) is 5.15 Å². The number of nitrogens with zero attached hydrogens (tertiary/aromatic N) is 4.